The van der Waals surface area contributed by atoms with Crippen molar-refractivity contribution in [3.8, 4) is 11.1 Å². The van der Waals surface area contributed by atoms with Crippen LogP contribution in [0.25, 0.3) is 11.1 Å². The van der Waals surface area contributed by atoms with Crippen LogP contribution in [0.1, 0.15) is 62.0 Å². The van der Waals surface area contributed by atoms with Gasteiger partial charge < -0.3 is 0 Å². The predicted molar refractivity (Wildman–Crippen MR) is 105 cm³/mol. The molecule has 0 bridgehead atoms. The molecular weight excluding hydrogens is 395 g/mol. The van der Waals surface area contributed by atoms with Crippen LogP contribution in [0, 0.1) is 3.57 Å². The maximum absolute atomic E-state index is 11.7. The van der Waals surface area contributed by atoms with Crippen LogP contribution >= 0.6 is 22.6 Å². The van der Waals surface area contributed by atoms with Gasteiger partial charge in [-0.05, 0) is 80.6 Å². The number of hydrogen-bond donors (Lipinski definition) is 0. The van der Waals surface area contributed by atoms with Crippen LogP contribution < -0.4 is 0 Å². The number of carbonyl (C=O) groups is 1. The van der Waals surface area contributed by atoms with Gasteiger partial charge in [0.05, 0.1) is 0 Å². The molecule has 3 rings (SSSR count). The highest BCUT2D eigenvalue weighted by molar-refractivity contribution is 14.1. The van der Waals surface area contributed by atoms with Crippen molar-refractivity contribution >= 4 is 28.9 Å². The molecule has 120 valence electrons. The van der Waals surface area contributed by atoms with Crippen LogP contribution in [0.15, 0.2) is 36.4 Å². The molecule has 0 heterocycles. The Morgan fingerprint density at radius 3 is 2.35 bits per heavy atom. The maximum atomic E-state index is 11.7. The Hall–Kier alpha value is -1.16. The van der Waals surface area contributed by atoms with Crippen molar-refractivity contribution in [1.82, 2.24) is 0 Å². The minimum atomic E-state index is 0.0838. The smallest absolute Gasteiger partial charge is 0.150 e. The molecule has 2 heteroatoms. The minimum Gasteiger partial charge on any atom is -0.298 e. The second-order valence-corrected chi connectivity index (χ2v) is 9.09. The fraction of sp³-hybridized carbons (Fsp3) is 0.381. The van der Waals surface area contributed by atoms with E-state index in [1.54, 1.807) is 0 Å². The highest BCUT2D eigenvalue weighted by atomic mass is 127. The number of rotatable bonds is 2. The Kier molecular flexibility index (Phi) is 4.16. The van der Waals surface area contributed by atoms with Crippen molar-refractivity contribution in [3.63, 3.8) is 0 Å². The van der Waals surface area contributed by atoms with E-state index < -0.39 is 0 Å². The molecule has 0 fully saturated rings. The summed E-state index contributed by atoms with van der Waals surface area (Å²) in [6, 6.07) is 12.7. The summed E-state index contributed by atoms with van der Waals surface area (Å²) < 4.78 is 1.20. The van der Waals surface area contributed by atoms with Gasteiger partial charge in [-0.1, -0.05) is 52.0 Å². The first-order chi connectivity index (χ1) is 10.8. The van der Waals surface area contributed by atoms with Crippen LogP contribution in [-0.2, 0) is 10.8 Å². The molecule has 0 amide bonds. The van der Waals surface area contributed by atoms with Crippen molar-refractivity contribution in [3.05, 3.63) is 56.7 Å². The number of fused-ring (bicyclic) bond motifs is 1. The number of aldehydes is 1. The molecule has 23 heavy (non-hydrogen) atoms. The average molecular weight is 418 g/mol. The minimum absolute atomic E-state index is 0.0838. The van der Waals surface area contributed by atoms with Gasteiger partial charge in [-0.3, -0.25) is 4.79 Å². The fourth-order valence-electron chi connectivity index (χ4n) is 3.82. The van der Waals surface area contributed by atoms with Gasteiger partial charge in [-0.2, -0.15) is 0 Å². The zero-order valence-electron chi connectivity index (χ0n) is 14.2. The van der Waals surface area contributed by atoms with E-state index >= 15 is 0 Å². The van der Waals surface area contributed by atoms with Crippen LogP contribution in [0.4, 0.5) is 0 Å². The Bertz CT molecular complexity index is 771. The summed E-state index contributed by atoms with van der Waals surface area (Å²) in [7, 11) is 0. The summed E-state index contributed by atoms with van der Waals surface area (Å²) in [5, 5.41) is 0. The lowest BCUT2D eigenvalue weighted by molar-refractivity contribution is 0.112. The summed E-state index contributed by atoms with van der Waals surface area (Å²) in [4.78, 5) is 11.7. The molecular formula is C21H23IO. The zero-order chi connectivity index (χ0) is 16.8. The normalized spacial score (nSPS) is 18.3. The van der Waals surface area contributed by atoms with E-state index in [2.05, 4.69) is 80.6 Å². The lowest BCUT2D eigenvalue weighted by atomic mass is 9.61. The highest BCUT2D eigenvalue weighted by Gasteiger charge is 2.39. The third-order valence-electron chi connectivity index (χ3n) is 5.26. The van der Waals surface area contributed by atoms with Gasteiger partial charge >= 0.3 is 0 Å². The summed E-state index contributed by atoms with van der Waals surface area (Å²) >= 11 is 2.34. The van der Waals surface area contributed by atoms with Crippen molar-refractivity contribution in [2.24, 2.45) is 0 Å². The first-order valence-corrected chi connectivity index (χ1v) is 9.23. The van der Waals surface area contributed by atoms with Gasteiger partial charge in [0.15, 0.2) is 6.29 Å². The molecule has 0 aliphatic heterocycles. The molecule has 1 aliphatic rings. The summed E-state index contributed by atoms with van der Waals surface area (Å²) in [5.74, 6) is 0. The molecule has 0 spiro atoms. The van der Waals surface area contributed by atoms with E-state index in [1.165, 1.54) is 21.1 Å². The van der Waals surface area contributed by atoms with E-state index in [4.69, 9.17) is 0 Å². The standard InChI is InChI=1S/C21H23IO/c1-20(2)10-11-21(3,4)19-17(20)9-8-15(13-23)18(19)14-6-5-7-16(22)12-14/h5-9,12-13H,10-11H2,1-4H3. The molecule has 1 aliphatic carbocycles. The van der Waals surface area contributed by atoms with E-state index in [0.29, 0.717) is 0 Å². The molecule has 0 saturated heterocycles. The van der Waals surface area contributed by atoms with Crippen molar-refractivity contribution < 1.29 is 4.79 Å². The number of carbonyl (C=O) groups excluding carboxylic acids is 1. The first kappa shape index (κ1) is 16.7. The first-order valence-electron chi connectivity index (χ1n) is 8.15. The number of hydrogen-bond acceptors (Lipinski definition) is 1. The SMILES string of the molecule is CC1(C)CCC(C)(C)c2c1ccc(C=O)c2-c1cccc(I)c1. The fourth-order valence-corrected chi connectivity index (χ4v) is 4.37. The maximum Gasteiger partial charge on any atom is 0.150 e. The average Bonchev–Trinajstić information content (AvgIpc) is 2.50. The van der Waals surface area contributed by atoms with Crippen LogP contribution in [-0.4, -0.2) is 6.29 Å². The molecule has 0 atom stereocenters. The third-order valence-corrected chi connectivity index (χ3v) is 5.93. The number of halogens is 1. The summed E-state index contributed by atoms with van der Waals surface area (Å²) in [6.07, 6.45) is 3.33. The summed E-state index contributed by atoms with van der Waals surface area (Å²) in [6.45, 7) is 9.26. The molecule has 0 saturated carbocycles. The van der Waals surface area contributed by atoms with E-state index in [0.717, 1.165) is 29.4 Å². The van der Waals surface area contributed by atoms with Crippen molar-refractivity contribution in [1.29, 1.82) is 0 Å². The quantitative estimate of drug-likeness (QED) is 0.424. The zero-order valence-corrected chi connectivity index (χ0v) is 16.4. The highest BCUT2D eigenvalue weighted by Crippen LogP contribution is 2.50. The topological polar surface area (TPSA) is 17.1 Å². The molecule has 2 aromatic carbocycles. The molecule has 1 nitrogen and oxygen atoms in total. The molecule has 0 radical (unpaired) electrons. The van der Waals surface area contributed by atoms with Gasteiger partial charge in [0.1, 0.15) is 0 Å². The Morgan fingerprint density at radius 1 is 1.00 bits per heavy atom. The molecule has 0 aromatic heterocycles. The van der Waals surface area contributed by atoms with E-state index in [9.17, 15) is 4.79 Å². The lowest BCUT2D eigenvalue weighted by Crippen LogP contribution is -2.34. The largest absolute Gasteiger partial charge is 0.298 e. The van der Waals surface area contributed by atoms with E-state index in [1.807, 2.05) is 6.07 Å². The van der Waals surface area contributed by atoms with Gasteiger partial charge in [0.2, 0.25) is 0 Å². The predicted octanol–water partition coefficient (Wildman–Crippen LogP) is 6.12. The van der Waals surface area contributed by atoms with Gasteiger partial charge in [-0.25, -0.2) is 0 Å². The van der Waals surface area contributed by atoms with Crippen LogP contribution in [0.3, 0.4) is 0 Å². The molecule has 0 N–H and O–H groups in total. The van der Waals surface area contributed by atoms with E-state index in [-0.39, 0.29) is 10.8 Å². The summed E-state index contributed by atoms with van der Waals surface area (Å²) in [5.41, 5.74) is 6.09. The Labute approximate surface area is 152 Å². The van der Waals surface area contributed by atoms with Crippen molar-refractivity contribution in [2.75, 3.05) is 0 Å². The van der Waals surface area contributed by atoms with Gasteiger partial charge in [-0.15, -0.1) is 0 Å². The van der Waals surface area contributed by atoms with Gasteiger partial charge in [0, 0.05) is 9.13 Å². The molecule has 2 aromatic rings. The van der Waals surface area contributed by atoms with Crippen molar-refractivity contribution in [2.45, 2.75) is 51.4 Å². The third kappa shape index (κ3) is 2.86. The Morgan fingerprint density at radius 2 is 1.70 bits per heavy atom. The number of benzene rings is 2. The van der Waals surface area contributed by atoms with Crippen LogP contribution in [0.2, 0.25) is 0 Å². The second-order valence-electron chi connectivity index (χ2n) is 7.85. The Balaban J connectivity index is 2.41. The monoisotopic (exact) mass is 418 g/mol. The van der Waals surface area contributed by atoms with Crippen LogP contribution in [0.5, 0.6) is 0 Å². The molecule has 0 unspecified atom stereocenters. The van der Waals surface area contributed by atoms with Gasteiger partial charge in [0.25, 0.3) is 0 Å². The second kappa shape index (κ2) is 5.73. The lowest BCUT2D eigenvalue weighted by Gasteiger charge is -2.43.